The summed E-state index contributed by atoms with van der Waals surface area (Å²) in [7, 11) is 0. The predicted molar refractivity (Wildman–Crippen MR) is 86.0 cm³/mol. The van der Waals surface area contributed by atoms with Gasteiger partial charge >= 0.3 is 0 Å². The number of nitrogens with zero attached hydrogens (tertiary/aromatic N) is 3. The fraction of sp³-hybridized carbons (Fsp3) is 0.600. The Hall–Kier alpha value is -1.81. The lowest BCUT2D eigenvalue weighted by Gasteiger charge is -2.30. The molecule has 3 N–H and O–H groups in total. The molecule has 1 amide bonds. The Balaban J connectivity index is 1.93. The fourth-order valence-corrected chi connectivity index (χ4v) is 3.32. The number of aromatic nitrogens is 2. The molecule has 3 atom stereocenters. The molecule has 0 saturated heterocycles. The van der Waals surface area contributed by atoms with Gasteiger partial charge in [0.1, 0.15) is 17.5 Å². The predicted octanol–water partition coefficient (Wildman–Crippen LogP) is 2.11. The van der Waals surface area contributed by atoms with Gasteiger partial charge in [0, 0.05) is 6.04 Å². The molecule has 1 aliphatic carbocycles. The first-order valence-electron chi connectivity index (χ1n) is 7.51. The molecule has 0 spiro atoms. The third-order valence-corrected chi connectivity index (χ3v) is 4.98. The van der Waals surface area contributed by atoms with Gasteiger partial charge in [0.05, 0.1) is 11.4 Å². The molecule has 0 unspecified atom stereocenters. The maximum atomic E-state index is 12.3. The second kappa shape index (κ2) is 7.45. The van der Waals surface area contributed by atoms with E-state index in [1.807, 2.05) is 13.0 Å². The Labute approximate surface area is 134 Å². The normalized spacial score (nSPS) is 22.6. The molecular formula is C15H21N5OS. The lowest BCUT2D eigenvalue weighted by molar-refractivity contribution is -0.121. The molecule has 0 bridgehead atoms. The first kappa shape index (κ1) is 16.6. The van der Waals surface area contributed by atoms with Gasteiger partial charge in [-0.05, 0) is 25.7 Å². The Bertz CT molecular complexity index is 586. The van der Waals surface area contributed by atoms with Gasteiger partial charge in [0.2, 0.25) is 5.91 Å². The molecule has 1 saturated carbocycles. The maximum Gasteiger partial charge on any atom is 0.233 e. The highest BCUT2D eigenvalue weighted by molar-refractivity contribution is 8.00. The fourth-order valence-electron chi connectivity index (χ4n) is 2.56. The number of anilines is 1. The number of hydrogen-bond acceptors (Lipinski definition) is 6. The lowest BCUT2D eigenvalue weighted by atomic mass is 9.86. The van der Waals surface area contributed by atoms with Crippen molar-refractivity contribution >= 4 is 23.5 Å². The van der Waals surface area contributed by atoms with Crippen LogP contribution in [0.15, 0.2) is 11.4 Å². The monoisotopic (exact) mass is 319 g/mol. The van der Waals surface area contributed by atoms with E-state index in [-0.39, 0.29) is 28.6 Å². The minimum absolute atomic E-state index is 0.00437. The number of carbonyl (C=O) groups is 1. The second-order valence-electron chi connectivity index (χ2n) is 5.70. The number of nitriles is 1. The number of nitrogens with two attached hydrogens (primary N) is 1. The summed E-state index contributed by atoms with van der Waals surface area (Å²) < 4.78 is 0. The van der Waals surface area contributed by atoms with Crippen LogP contribution in [0.3, 0.4) is 0 Å². The van der Waals surface area contributed by atoms with Crippen molar-refractivity contribution in [2.75, 3.05) is 5.73 Å². The number of amides is 1. The highest BCUT2D eigenvalue weighted by Gasteiger charge is 2.25. The van der Waals surface area contributed by atoms with Gasteiger partial charge in [-0.25, -0.2) is 9.97 Å². The van der Waals surface area contributed by atoms with Crippen molar-refractivity contribution in [2.45, 2.75) is 56.0 Å². The highest BCUT2D eigenvalue weighted by Crippen LogP contribution is 2.25. The van der Waals surface area contributed by atoms with Crippen molar-refractivity contribution in [1.29, 1.82) is 5.26 Å². The van der Waals surface area contributed by atoms with Gasteiger partial charge in [0.15, 0.2) is 5.16 Å². The van der Waals surface area contributed by atoms with Gasteiger partial charge in [-0.1, -0.05) is 31.5 Å². The summed E-state index contributed by atoms with van der Waals surface area (Å²) in [6.07, 6.45) is 6.02. The number of nitrogens with one attached hydrogen (secondary N) is 1. The van der Waals surface area contributed by atoms with E-state index in [9.17, 15) is 4.79 Å². The van der Waals surface area contributed by atoms with Crippen LogP contribution < -0.4 is 11.1 Å². The molecule has 0 radical (unpaired) electrons. The van der Waals surface area contributed by atoms with Crippen molar-refractivity contribution in [3.63, 3.8) is 0 Å². The molecule has 22 heavy (non-hydrogen) atoms. The molecule has 1 aromatic heterocycles. The number of thioether (sulfide) groups is 1. The summed E-state index contributed by atoms with van der Waals surface area (Å²) in [6, 6.07) is 2.18. The molecule has 6 nitrogen and oxygen atoms in total. The van der Waals surface area contributed by atoms with Crippen LogP contribution >= 0.6 is 11.8 Å². The quantitative estimate of drug-likeness (QED) is 0.650. The second-order valence-corrected chi connectivity index (χ2v) is 7.01. The van der Waals surface area contributed by atoms with Gasteiger partial charge in [-0.15, -0.1) is 0 Å². The summed E-state index contributed by atoms with van der Waals surface area (Å²) in [6.45, 7) is 4.01. The number of rotatable bonds is 4. The number of hydrogen-bond donors (Lipinski definition) is 2. The lowest BCUT2D eigenvalue weighted by Crippen LogP contribution is -2.44. The Morgan fingerprint density at radius 1 is 1.55 bits per heavy atom. The maximum absolute atomic E-state index is 12.3. The van der Waals surface area contributed by atoms with Crippen LogP contribution in [0.5, 0.6) is 0 Å². The molecule has 7 heteroatoms. The van der Waals surface area contributed by atoms with E-state index in [1.54, 1.807) is 0 Å². The SMILES string of the molecule is C[C@H](Sc1ncc(C#N)c(N)n1)C(=O)N[C@H]1CCCC[C@@H]1C. The number of carbonyl (C=O) groups excluding carboxylic acids is 1. The highest BCUT2D eigenvalue weighted by atomic mass is 32.2. The standard InChI is InChI=1S/C15H21N5OS/c1-9-5-3-4-6-12(9)19-14(21)10(2)22-15-18-8-11(7-16)13(17)20-15/h8-10,12H,3-6H2,1-2H3,(H,19,21)(H2,17,18,20)/t9-,10-,12-/m0/s1. The van der Waals surface area contributed by atoms with Crippen LogP contribution in [0.25, 0.3) is 0 Å². The summed E-state index contributed by atoms with van der Waals surface area (Å²) in [5, 5.41) is 12.0. The average Bonchev–Trinajstić information content (AvgIpc) is 2.49. The van der Waals surface area contributed by atoms with Crippen molar-refractivity contribution < 1.29 is 4.79 Å². The molecule has 2 rings (SSSR count). The van der Waals surface area contributed by atoms with E-state index >= 15 is 0 Å². The third kappa shape index (κ3) is 4.10. The van der Waals surface area contributed by atoms with Crippen molar-refractivity contribution in [3.8, 4) is 6.07 Å². The van der Waals surface area contributed by atoms with E-state index < -0.39 is 0 Å². The number of nitrogen functional groups attached to an aromatic ring is 1. The summed E-state index contributed by atoms with van der Waals surface area (Å²) in [5.74, 6) is 0.667. The molecule has 0 aromatic carbocycles. The average molecular weight is 319 g/mol. The molecule has 1 aromatic rings. The molecule has 118 valence electrons. The van der Waals surface area contributed by atoms with Crippen LogP contribution in [0, 0.1) is 17.2 Å². The molecule has 0 aliphatic heterocycles. The van der Waals surface area contributed by atoms with Crippen LogP contribution in [0.2, 0.25) is 0 Å². The third-order valence-electron chi connectivity index (χ3n) is 4.01. The van der Waals surface area contributed by atoms with Gasteiger partial charge in [-0.2, -0.15) is 5.26 Å². The Morgan fingerprint density at radius 3 is 2.91 bits per heavy atom. The first-order chi connectivity index (χ1) is 10.5. The molecule has 1 aliphatic rings. The van der Waals surface area contributed by atoms with Crippen LogP contribution in [-0.4, -0.2) is 27.2 Å². The molecular weight excluding hydrogens is 298 g/mol. The zero-order valence-corrected chi connectivity index (χ0v) is 13.7. The van der Waals surface area contributed by atoms with E-state index in [2.05, 4.69) is 22.2 Å². The van der Waals surface area contributed by atoms with Crippen LogP contribution in [0.1, 0.15) is 45.1 Å². The molecule has 1 heterocycles. The largest absolute Gasteiger partial charge is 0.382 e. The van der Waals surface area contributed by atoms with E-state index in [4.69, 9.17) is 11.0 Å². The minimum atomic E-state index is -0.304. The summed E-state index contributed by atoms with van der Waals surface area (Å²) in [5.41, 5.74) is 5.91. The van der Waals surface area contributed by atoms with E-state index in [0.717, 1.165) is 6.42 Å². The topological polar surface area (TPSA) is 105 Å². The van der Waals surface area contributed by atoms with Gasteiger partial charge in [0.25, 0.3) is 0 Å². The zero-order chi connectivity index (χ0) is 16.1. The van der Waals surface area contributed by atoms with E-state index in [0.29, 0.717) is 11.1 Å². The molecule has 1 fully saturated rings. The minimum Gasteiger partial charge on any atom is -0.382 e. The van der Waals surface area contributed by atoms with Crippen molar-refractivity contribution in [1.82, 2.24) is 15.3 Å². The zero-order valence-electron chi connectivity index (χ0n) is 12.9. The van der Waals surface area contributed by atoms with Crippen molar-refractivity contribution in [3.05, 3.63) is 11.8 Å². The van der Waals surface area contributed by atoms with Gasteiger partial charge in [-0.3, -0.25) is 4.79 Å². The van der Waals surface area contributed by atoms with Crippen LogP contribution in [-0.2, 0) is 4.79 Å². The van der Waals surface area contributed by atoms with E-state index in [1.165, 1.54) is 37.2 Å². The first-order valence-corrected chi connectivity index (χ1v) is 8.39. The van der Waals surface area contributed by atoms with Crippen LogP contribution in [0.4, 0.5) is 5.82 Å². The Morgan fingerprint density at radius 2 is 2.27 bits per heavy atom. The summed E-state index contributed by atoms with van der Waals surface area (Å²) in [4.78, 5) is 20.4. The van der Waals surface area contributed by atoms with Gasteiger partial charge < -0.3 is 11.1 Å². The van der Waals surface area contributed by atoms with Crippen molar-refractivity contribution in [2.24, 2.45) is 5.92 Å². The summed E-state index contributed by atoms with van der Waals surface area (Å²) >= 11 is 1.25. The smallest absolute Gasteiger partial charge is 0.233 e. The Kier molecular flexibility index (Phi) is 5.61.